The lowest BCUT2D eigenvalue weighted by molar-refractivity contribution is -0.192. The van der Waals surface area contributed by atoms with Crippen molar-refractivity contribution in [1.29, 1.82) is 0 Å². The van der Waals surface area contributed by atoms with Gasteiger partial charge >= 0.3 is 12.1 Å². The monoisotopic (exact) mass is 283 g/mol. The van der Waals surface area contributed by atoms with E-state index in [4.69, 9.17) is 15.4 Å². The summed E-state index contributed by atoms with van der Waals surface area (Å²) in [7, 11) is 0. The van der Waals surface area contributed by atoms with Gasteiger partial charge < -0.3 is 15.3 Å². The zero-order valence-electron chi connectivity index (χ0n) is 9.72. The molecule has 19 heavy (non-hydrogen) atoms. The average molecular weight is 283 g/mol. The standard InChI is InChI=1S/C6H11N5O.C2HF3O2/c7-10-9-5-6(12)11-3-1-8-2-4-11;3-2(4,5)1(6)7/h8H,1-5H2;(H,6,7). The number of carbonyl (C=O) groups excluding carboxylic acids is 1. The molecule has 0 spiro atoms. The molecule has 0 radical (unpaired) electrons. The molecule has 108 valence electrons. The van der Waals surface area contributed by atoms with E-state index in [0.29, 0.717) is 13.1 Å². The van der Waals surface area contributed by atoms with Gasteiger partial charge in [0.15, 0.2) is 0 Å². The Balaban J connectivity index is 0.000000399. The molecule has 0 bridgehead atoms. The Hall–Kier alpha value is -2.00. The minimum atomic E-state index is -5.08. The first-order chi connectivity index (χ1) is 8.79. The van der Waals surface area contributed by atoms with Crippen molar-refractivity contribution >= 4 is 11.9 Å². The third kappa shape index (κ3) is 7.84. The molecule has 1 aliphatic rings. The van der Waals surface area contributed by atoms with E-state index in [9.17, 15) is 18.0 Å². The first kappa shape index (κ1) is 17.0. The van der Waals surface area contributed by atoms with Crippen molar-refractivity contribution in [2.75, 3.05) is 32.7 Å². The largest absolute Gasteiger partial charge is 0.490 e. The zero-order valence-corrected chi connectivity index (χ0v) is 9.72. The second-order valence-electron chi connectivity index (χ2n) is 3.32. The summed E-state index contributed by atoms with van der Waals surface area (Å²) in [4.78, 5) is 24.3. The highest BCUT2D eigenvalue weighted by molar-refractivity contribution is 5.78. The van der Waals surface area contributed by atoms with Gasteiger partial charge in [-0.05, 0) is 5.53 Å². The van der Waals surface area contributed by atoms with E-state index in [0.717, 1.165) is 13.1 Å². The lowest BCUT2D eigenvalue weighted by atomic mass is 10.3. The molecule has 1 rings (SSSR count). The Labute approximate surface area is 105 Å². The first-order valence-electron chi connectivity index (χ1n) is 5.08. The fraction of sp³-hybridized carbons (Fsp3) is 0.750. The Morgan fingerprint density at radius 2 is 1.84 bits per heavy atom. The summed E-state index contributed by atoms with van der Waals surface area (Å²) in [5.74, 6) is -2.85. The SMILES string of the molecule is O=C(O)C(F)(F)F.[N-]=[N+]=NCC(=O)N1CCNCC1. The molecule has 1 heterocycles. The van der Waals surface area contributed by atoms with Gasteiger partial charge in [0.1, 0.15) is 6.54 Å². The third-order valence-electron chi connectivity index (χ3n) is 1.98. The van der Waals surface area contributed by atoms with Crippen molar-refractivity contribution in [1.82, 2.24) is 10.2 Å². The minimum Gasteiger partial charge on any atom is -0.475 e. The fourth-order valence-corrected chi connectivity index (χ4v) is 1.11. The van der Waals surface area contributed by atoms with Crippen LogP contribution in [0.5, 0.6) is 0 Å². The maximum atomic E-state index is 11.2. The predicted octanol–water partition coefficient (Wildman–Crippen LogP) is 0.362. The lowest BCUT2D eigenvalue weighted by Gasteiger charge is -2.26. The maximum absolute atomic E-state index is 11.2. The van der Waals surface area contributed by atoms with Gasteiger partial charge in [-0.1, -0.05) is 5.11 Å². The fourth-order valence-electron chi connectivity index (χ4n) is 1.11. The summed E-state index contributed by atoms with van der Waals surface area (Å²) in [6.45, 7) is 3.00. The number of nitrogens with one attached hydrogen (secondary N) is 1. The van der Waals surface area contributed by atoms with Crippen LogP contribution in [0.3, 0.4) is 0 Å². The molecule has 1 amide bonds. The van der Waals surface area contributed by atoms with Crippen molar-refractivity contribution in [3.05, 3.63) is 10.4 Å². The molecular formula is C8H12F3N5O3. The molecule has 0 aliphatic carbocycles. The number of aliphatic carboxylic acids is 1. The van der Waals surface area contributed by atoms with Crippen LogP contribution in [0.4, 0.5) is 13.2 Å². The van der Waals surface area contributed by atoms with E-state index in [-0.39, 0.29) is 12.5 Å². The number of azide groups is 1. The summed E-state index contributed by atoms with van der Waals surface area (Å²) in [6.07, 6.45) is -5.08. The Kier molecular flexibility index (Phi) is 7.30. The van der Waals surface area contributed by atoms with E-state index in [1.165, 1.54) is 0 Å². The maximum Gasteiger partial charge on any atom is 0.490 e. The van der Waals surface area contributed by atoms with Gasteiger partial charge in [0.2, 0.25) is 5.91 Å². The summed E-state index contributed by atoms with van der Waals surface area (Å²) in [6, 6.07) is 0. The van der Waals surface area contributed by atoms with E-state index >= 15 is 0 Å². The van der Waals surface area contributed by atoms with Crippen molar-refractivity contribution in [2.24, 2.45) is 5.11 Å². The van der Waals surface area contributed by atoms with Crippen LogP contribution in [-0.4, -0.2) is 60.8 Å². The van der Waals surface area contributed by atoms with E-state index < -0.39 is 12.1 Å². The van der Waals surface area contributed by atoms with E-state index in [1.54, 1.807) is 4.90 Å². The normalized spacial score (nSPS) is 14.8. The molecule has 0 atom stereocenters. The second-order valence-corrected chi connectivity index (χ2v) is 3.32. The molecule has 2 N–H and O–H groups in total. The first-order valence-corrected chi connectivity index (χ1v) is 5.08. The smallest absolute Gasteiger partial charge is 0.475 e. The lowest BCUT2D eigenvalue weighted by Crippen LogP contribution is -2.47. The van der Waals surface area contributed by atoms with Gasteiger partial charge in [-0.3, -0.25) is 4.79 Å². The number of piperazine rings is 1. The number of carbonyl (C=O) groups is 2. The number of halogens is 3. The number of alkyl halides is 3. The number of amides is 1. The highest BCUT2D eigenvalue weighted by atomic mass is 19.4. The third-order valence-corrected chi connectivity index (χ3v) is 1.98. The van der Waals surface area contributed by atoms with Crippen molar-refractivity contribution in [3.63, 3.8) is 0 Å². The number of hydrogen-bond acceptors (Lipinski definition) is 4. The highest BCUT2D eigenvalue weighted by Crippen LogP contribution is 2.13. The molecule has 0 unspecified atom stereocenters. The van der Waals surface area contributed by atoms with Crippen LogP contribution in [0.1, 0.15) is 0 Å². The van der Waals surface area contributed by atoms with Gasteiger partial charge in [-0.25, -0.2) is 4.79 Å². The van der Waals surface area contributed by atoms with Crippen molar-refractivity contribution < 1.29 is 27.9 Å². The molecule has 8 nitrogen and oxygen atoms in total. The van der Waals surface area contributed by atoms with Crippen LogP contribution in [0.25, 0.3) is 10.4 Å². The molecule has 11 heteroatoms. The molecule has 1 fully saturated rings. The molecule has 0 aromatic heterocycles. The number of rotatable bonds is 2. The van der Waals surface area contributed by atoms with E-state index in [2.05, 4.69) is 15.3 Å². The number of nitrogens with zero attached hydrogens (tertiary/aromatic N) is 4. The van der Waals surface area contributed by atoms with Crippen LogP contribution in [0.2, 0.25) is 0 Å². The minimum absolute atomic E-state index is 0.0590. The van der Waals surface area contributed by atoms with Crippen LogP contribution in [-0.2, 0) is 9.59 Å². The topological polar surface area (TPSA) is 118 Å². The molecule has 0 aromatic carbocycles. The van der Waals surface area contributed by atoms with Gasteiger partial charge in [0, 0.05) is 31.1 Å². The van der Waals surface area contributed by atoms with Crippen molar-refractivity contribution in [3.8, 4) is 0 Å². The van der Waals surface area contributed by atoms with Gasteiger partial charge in [-0.2, -0.15) is 13.2 Å². The highest BCUT2D eigenvalue weighted by Gasteiger charge is 2.38. The van der Waals surface area contributed by atoms with Crippen LogP contribution in [0.15, 0.2) is 5.11 Å². The van der Waals surface area contributed by atoms with Crippen LogP contribution in [0, 0.1) is 0 Å². The molecule has 0 saturated carbocycles. The molecule has 0 aromatic rings. The van der Waals surface area contributed by atoms with Crippen LogP contribution < -0.4 is 5.32 Å². The summed E-state index contributed by atoms with van der Waals surface area (Å²) >= 11 is 0. The second kappa shape index (κ2) is 8.16. The molecule has 1 saturated heterocycles. The number of hydrogen-bond donors (Lipinski definition) is 2. The van der Waals surface area contributed by atoms with Gasteiger partial charge in [-0.15, -0.1) is 0 Å². The Morgan fingerprint density at radius 3 is 2.21 bits per heavy atom. The van der Waals surface area contributed by atoms with Gasteiger partial charge in [0.25, 0.3) is 0 Å². The van der Waals surface area contributed by atoms with E-state index in [1.807, 2.05) is 0 Å². The molecule has 1 aliphatic heterocycles. The Bertz CT molecular complexity index is 361. The quantitative estimate of drug-likeness (QED) is 0.432. The number of carboxylic acid groups (broad SMARTS) is 1. The Morgan fingerprint density at radius 1 is 1.37 bits per heavy atom. The summed E-state index contributed by atoms with van der Waals surface area (Å²) in [5, 5.41) is 13.5. The van der Waals surface area contributed by atoms with Crippen molar-refractivity contribution in [2.45, 2.75) is 6.18 Å². The summed E-state index contributed by atoms with van der Waals surface area (Å²) < 4.78 is 31.7. The average Bonchev–Trinajstić information content (AvgIpc) is 2.36. The molecular weight excluding hydrogens is 271 g/mol. The number of carboxylic acids is 1. The van der Waals surface area contributed by atoms with Gasteiger partial charge in [0.05, 0.1) is 0 Å². The zero-order chi connectivity index (χ0) is 14.9. The predicted molar refractivity (Wildman–Crippen MR) is 57.2 cm³/mol. The summed E-state index contributed by atoms with van der Waals surface area (Å²) in [5.41, 5.74) is 7.99. The van der Waals surface area contributed by atoms with Crippen LogP contribution >= 0.6 is 0 Å².